The number of H-pyrrole nitrogens is 1. The lowest BCUT2D eigenvalue weighted by atomic mass is 10.4. The van der Waals surface area contributed by atoms with Gasteiger partial charge in [0.15, 0.2) is 0 Å². The highest BCUT2D eigenvalue weighted by Gasteiger charge is 2.04. The molecular formula is C7H12N2O2. The van der Waals surface area contributed by atoms with Crippen molar-refractivity contribution in [2.24, 2.45) is 0 Å². The maximum atomic E-state index is 8.76. The zero-order chi connectivity index (χ0) is 8.27. The Morgan fingerprint density at radius 2 is 2.36 bits per heavy atom. The van der Waals surface area contributed by atoms with E-state index in [-0.39, 0.29) is 6.61 Å². The Balaban J connectivity index is 2.77. The molecule has 0 bridgehead atoms. The van der Waals surface area contributed by atoms with Crippen LogP contribution in [0.2, 0.25) is 0 Å². The highest BCUT2D eigenvalue weighted by molar-refractivity contribution is 5.14. The van der Waals surface area contributed by atoms with Crippen molar-refractivity contribution in [1.29, 1.82) is 0 Å². The third kappa shape index (κ3) is 1.71. The number of nitrogens with zero attached hydrogens (tertiary/aromatic N) is 1. The standard InChI is InChI=1S/C7H12N2O2/c1-3-11-7-8-5(2)6(4-10)9-7/h10H,3-4H2,1-2H3,(H,8,9). The lowest BCUT2D eigenvalue weighted by Gasteiger charge is -1.93. The van der Waals surface area contributed by atoms with Gasteiger partial charge in [-0.2, -0.15) is 4.98 Å². The Labute approximate surface area is 65.2 Å². The van der Waals surface area contributed by atoms with Gasteiger partial charge in [0.25, 0.3) is 6.01 Å². The Morgan fingerprint density at radius 3 is 2.82 bits per heavy atom. The van der Waals surface area contributed by atoms with Crippen molar-refractivity contribution < 1.29 is 9.84 Å². The SMILES string of the molecule is CCOc1nc(CO)c(C)[nH]1. The first-order valence-corrected chi connectivity index (χ1v) is 3.57. The van der Waals surface area contributed by atoms with Crippen LogP contribution in [0.1, 0.15) is 18.3 Å². The number of ether oxygens (including phenoxy) is 1. The minimum Gasteiger partial charge on any atom is -0.465 e. The molecule has 0 unspecified atom stereocenters. The molecule has 1 aromatic heterocycles. The van der Waals surface area contributed by atoms with Gasteiger partial charge in [-0.15, -0.1) is 0 Å². The predicted octanol–water partition coefficient (Wildman–Crippen LogP) is 0.609. The van der Waals surface area contributed by atoms with Gasteiger partial charge in [0, 0.05) is 5.69 Å². The molecule has 0 saturated heterocycles. The maximum absolute atomic E-state index is 8.76. The summed E-state index contributed by atoms with van der Waals surface area (Å²) < 4.78 is 5.09. The van der Waals surface area contributed by atoms with Gasteiger partial charge >= 0.3 is 0 Å². The van der Waals surface area contributed by atoms with Crippen LogP contribution in [0.3, 0.4) is 0 Å². The molecule has 62 valence electrons. The van der Waals surface area contributed by atoms with Crippen LogP contribution in [0.4, 0.5) is 0 Å². The van der Waals surface area contributed by atoms with Crippen LogP contribution in [0.15, 0.2) is 0 Å². The molecule has 0 radical (unpaired) electrons. The van der Waals surface area contributed by atoms with E-state index >= 15 is 0 Å². The number of aromatic nitrogens is 2. The maximum Gasteiger partial charge on any atom is 0.294 e. The fourth-order valence-corrected chi connectivity index (χ4v) is 0.826. The Hall–Kier alpha value is -1.03. The van der Waals surface area contributed by atoms with Crippen LogP contribution in [0.5, 0.6) is 6.01 Å². The van der Waals surface area contributed by atoms with E-state index in [2.05, 4.69) is 9.97 Å². The zero-order valence-electron chi connectivity index (χ0n) is 6.72. The minimum atomic E-state index is -0.0462. The first-order chi connectivity index (χ1) is 5.27. The molecule has 0 fully saturated rings. The number of hydrogen-bond donors (Lipinski definition) is 2. The largest absolute Gasteiger partial charge is 0.465 e. The summed E-state index contributed by atoms with van der Waals surface area (Å²) in [5.74, 6) is 0. The predicted molar refractivity (Wildman–Crippen MR) is 40.4 cm³/mol. The number of hydrogen-bond acceptors (Lipinski definition) is 3. The zero-order valence-corrected chi connectivity index (χ0v) is 6.72. The Bertz CT molecular complexity index is 232. The quantitative estimate of drug-likeness (QED) is 0.674. The number of rotatable bonds is 3. The van der Waals surface area contributed by atoms with Crippen LogP contribution in [0, 0.1) is 6.92 Å². The molecule has 0 aromatic carbocycles. The third-order valence-corrected chi connectivity index (χ3v) is 1.39. The second-order valence-electron chi connectivity index (χ2n) is 2.20. The average molecular weight is 156 g/mol. The van der Waals surface area contributed by atoms with E-state index in [4.69, 9.17) is 9.84 Å². The monoisotopic (exact) mass is 156 g/mol. The molecule has 1 heterocycles. The second-order valence-corrected chi connectivity index (χ2v) is 2.20. The molecule has 0 aliphatic heterocycles. The lowest BCUT2D eigenvalue weighted by molar-refractivity contribution is 0.273. The summed E-state index contributed by atoms with van der Waals surface area (Å²) in [5, 5.41) is 8.76. The minimum absolute atomic E-state index is 0.0462. The summed E-state index contributed by atoms with van der Waals surface area (Å²) in [6.07, 6.45) is 0. The first-order valence-electron chi connectivity index (χ1n) is 3.57. The lowest BCUT2D eigenvalue weighted by Crippen LogP contribution is -1.92. The van der Waals surface area contributed by atoms with Crippen molar-refractivity contribution in [3.05, 3.63) is 11.4 Å². The number of aliphatic hydroxyl groups excluding tert-OH is 1. The van der Waals surface area contributed by atoms with Crippen LogP contribution in [-0.2, 0) is 6.61 Å². The van der Waals surface area contributed by atoms with E-state index in [0.29, 0.717) is 18.3 Å². The van der Waals surface area contributed by atoms with Crippen molar-refractivity contribution in [3.8, 4) is 6.01 Å². The summed E-state index contributed by atoms with van der Waals surface area (Å²) in [7, 11) is 0. The molecule has 0 atom stereocenters. The number of imidazole rings is 1. The van der Waals surface area contributed by atoms with Crippen molar-refractivity contribution in [2.75, 3.05) is 6.61 Å². The van der Waals surface area contributed by atoms with Crippen LogP contribution >= 0.6 is 0 Å². The molecule has 1 aromatic rings. The Morgan fingerprint density at radius 1 is 1.64 bits per heavy atom. The summed E-state index contributed by atoms with van der Waals surface area (Å²) in [5.41, 5.74) is 1.50. The highest BCUT2D eigenvalue weighted by atomic mass is 16.5. The summed E-state index contributed by atoms with van der Waals surface area (Å²) >= 11 is 0. The smallest absolute Gasteiger partial charge is 0.294 e. The topological polar surface area (TPSA) is 58.1 Å². The molecule has 11 heavy (non-hydrogen) atoms. The number of aryl methyl sites for hydroxylation is 1. The van der Waals surface area contributed by atoms with Crippen LogP contribution < -0.4 is 4.74 Å². The normalized spacial score (nSPS) is 10.1. The third-order valence-electron chi connectivity index (χ3n) is 1.39. The summed E-state index contributed by atoms with van der Waals surface area (Å²) in [4.78, 5) is 6.89. The molecule has 2 N–H and O–H groups in total. The van der Waals surface area contributed by atoms with Gasteiger partial charge in [0.1, 0.15) is 0 Å². The number of aromatic amines is 1. The summed E-state index contributed by atoms with van der Waals surface area (Å²) in [6.45, 7) is 4.27. The molecule has 4 nitrogen and oxygen atoms in total. The van der Waals surface area contributed by atoms with E-state index < -0.39 is 0 Å². The van der Waals surface area contributed by atoms with Gasteiger partial charge in [-0.1, -0.05) is 0 Å². The molecule has 4 heteroatoms. The van der Waals surface area contributed by atoms with Crippen molar-refractivity contribution in [3.63, 3.8) is 0 Å². The van der Waals surface area contributed by atoms with E-state index in [1.165, 1.54) is 0 Å². The van der Waals surface area contributed by atoms with E-state index in [0.717, 1.165) is 5.69 Å². The number of nitrogens with one attached hydrogen (secondary N) is 1. The number of aliphatic hydroxyl groups is 1. The van der Waals surface area contributed by atoms with Crippen molar-refractivity contribution in [2.45, 2.75) is 20.5 Å². The fraction of sp³-hybridized carbons (Fsp3) is 0.571. The average Bonchev–Trinajstić information content (AvgIpc) is 2.32. The molecule has 0 aliphatic carbocycles. The van der Waals surface area contributed by atoms with Crippen LogP contribution in [-0.4, -0.2) is 21.7 Å². The van der Waals surface area contributed by atoms with Gasteiger partial charge in [0.2, 0.25) is 0 Å². The van der Waals surface area contributed by atoms with Gasteiger partial charge in [-0.3, -0.25) is 0 Å². The molecule has 0 spiro atoms. The van der Waals surface area contributed by atoms with Crippen molar-refractivity contribution >= 4 is 0 Å². The van der Waals surface area contributed by atoms with Gasteiger partial charge in [0.05, 0.1) is 18.9 Å². The van der Waals surface area contributed by atoms with Gasteiger partial charge in [-0.05, 0) is 13.8 Å². The highest BCUT2D eigenvalue weighted by Crippen LogP contribution is 2.09. The van der Waals surface area contributed by atoms with E-state index in [1.807, 2.05) is 13.8 Å². The summed E-state index contributed by atoms with van der Waals surface area (Å²) in [6, 6.07) is 0.481. The molecule has 0 amide bonds. The first kappa shape index (κ1) is 8.07. The van der Waals surface area contributed by atoms with Crippen molar-refractivity contribution in [1.82, 2.24) is 9.97 Å². The molecule has 0 saturated carbocycles. The van der Waals surface area contributed by atoms with E-state index in [9.17, 15) is 0 Å². The second kappa shape index (κ2) is 3.39. The Kier molecular flexibility index (Phi) is 2.48. The molecule has 0 aliphatic rings. The van der Waals surface area contributed by atoms with Gasteiger partial charge < -0.3 is 14.8 Å². The van der Waals surface area contributed by atoms with Gasteiger partial charge in [-0.25, -0.2) is 0 Å². The molecular weight excluding hydrogens is 144 g/mol. The van der Waals surface area contributed by atoms with Crippen LogP contribution in [0.25, 0.3) is 0 Å². The van der Waals surface area contributed by atoms with E-state index in [1.54, 1.807) is 0 Å². The fourth-order valence-electron chi connectivity index (χ4n) is 0.826. The molecule has 1 rings (SSSR count).